The van der Waals surface area contributed by atoms with Gasteiger partial charge in [0.25, 0.3) is 0 Å². The molecule has 0 N–H and O–H groups in total. The summed E-state index contributed by atoms with van der Waals surface area (Å²) in [6.07, 6.45) is 1.27. The summed E-state index contributed by atoms with van der Waals surface area (Å²) in [5.41, 5.74) is 0. The van der Waals surface area contributed by atoms with Crippen molar-refractivity contribution in [3.8, 4) is 0 Å². The summed E-state index contributed by atoms with van der Waals surface area (Å²) in [6.45, 7) is 6.81. The quantitative estimate of drug-likeness (QED) is 0.718. The minimum Gasteiger partial charge on any atom is -0.356 e. The first-order chi connectivity index (χ1) is 7.16. The SMILES string of the molecule is CC(C)C1CCN(c2cccc(Cl)n2)C1. The first-order valence-corrected chi connectivity index (χ1v) is 5.92. The molecule has 1 aliphatic rings. The molecule has 0 radical (unpaired) electrons. The van der Waals surface area contributed by atoms with Crippen molar-refractivity contribution in [1.82, 2.24) is 4.98 Å². The van der Waals surface area contributed by atoms with Gasteiger partial charge in [-0.2, -0.15) is 0 Å². The fourth-order valence-corrected chi connectivity index (χ4v) is 2.27. The fourth-order valence-electron chi connectivity index (χ4n) is 2.11. The van der Waals surface area contributed by atoms with E-state index in [-0.39, 0.29) is 0 Å². The molecule has 2 nitrogen and oxygen atoms in total. The number of nitrogens with zero attached hydrogens (tertiary/aromatic N) is 2. The van der Waals surface area contributed by atoms with E-state index in [1.165, 1.54) is 6.42 Å². The van der Waals surface area contributed by atoms with E-state index in [9.17, 15) is 0 Å². The van der Waals surface area contributed by atoms with E-state index in [0.717, 1.165) is 30.7 Å². The van der Waals surface area contributed by atoms with Crippen molar-refractivity contribution < 1.29 is 0 Å². The van der Waals surface area contributed by atoms with E-state index in [4.69, 9.17) is 11.6 Å². The Bertz CT molecular complexity index is 338. The van der Waals surface area contributed by atoms with Crippen molar-refractivity contribution in [3.63, 3.8) is 0 Å². The van der Waals surface area contributed by atoms with Gasteiger partial charge < -0.3 is 4.90 Å². The highest BCUT2D eigenvalue weighted by Crippen LogP contribution is 2.27. The minimum atomic E-state index is 0.584. The number of aromatic nitrogens is 1. The van der Waals surface area contributed by atoms with E-state index in [2.05, 4.69) is 23.7 Å². The number of anilines is 1. The standard InChI is InChI=1S/C12H17ClN2/c1-9(2)10-6-7-15(8-10)12-5-3-4-11(13)14-12/h3-5,9-10H,6-8H2,1-2H3. The van der Waals surface area contributed by atoms with Crippen LogP contribution in [0.5, 0.6) is 0 Å². The normalized spacial score (nSPS) is 21.3. The van der Waals surface area contributed by atoms with Crippen molar-refractivity contribution in [2.75, 3.05) is 18.0 Å². The molecule has 0 saturated carbocycles. The highest BCUT2D eigenvalue weighted by atomic mass is 35.5. The molecule has 1 saturated heterocycles. The summed E-state index contributed by atoms with van der Waals surface area (Å²) < 4.78 is 0. The van der Waals surface area contributed by atoms with Crippen LogP contribution in [0.1, 0.15) is 20.3 Å². The van der Waals surface area contributed by atoms with Gasteiger partial charge in [-0.05, 0) is 30.4 Å². The number of halogens is 1. The molecule has 0 aliphatic carbocycles. The molecular weight excluding hydrogens is 208 g/mol. The summed E-state index contributed by atoms with van der Waals surface area (Å²) in [5.74, 6) is 2.57. The number of hydrogen-bond acceptors (Lipinski definition) is 2. The van der Waals surface area contributed by atoms with Gasteiger partial charge in [-0.3, -0.25) is 0 Å². The Morgan fingerprint density at radius 3 is 2.87 bits per heavy atom. The number of hydrogen-bond donors (Lipinski definition) is 0. The second-order valence-corrected chi connectivity index (χ2v) is 4.94. The first kappa shape index (κ1) is 10.7. The van der Waals surface area contributed by atoms with Crippen LogP contribution in [0.2, 0.25) is 5.15 Å². The zero-order valence-corrected chi connectivity index (χ0v) is 10.0. The molecule has 2 rings (SSSR count). The summed E-state index contributed by atoms with van der Waals surface area (Å²) in [7, 11) is 0. The Labute approximate surface area is 96.3 Å². The van der Waals surface area contributed by atoms with E-state index in [1.54, 1.807) is 0 Å². The van der Waals surface area contributed by atoms with Crippen molar-refractivity contribution in [2.24, 2.45) is 11.8 Å². The molecule has 1 fully saturated rings. The lowest BCUT2D eigenvalue weighted by molar-refractivity contribution is 0.422. The molecule has 3 heteroatoms. The molecule has 1 unspecified atom stereocenters. The Morgan fingerprint density at radius 2 is 2.27 bits per heavy atom. The lowest BCUT2D eigenvalue weighted by Gasteiger charge is -2.18. The van der Waals surface area contributed by atoms with Crippen LogP contribution in [-0.2, 0) is 0 Å². The van der Waals surface area contributed by atoms with Gasteiger partial charge in [0.2, 0.25) is 0 Å². The lowest BCUT2D eigenvalue weighted by atomic mass is 9.95. The Balaban J connectivity index is 2.08. The molecule has 0 aromatic carbocycles. The van der Waals surface area contributed by atoms with Crippen LogP contribution in [0.3, 0.4) is 0 Å². The van der Waals surface area contributed by atoms with Gasteiger partial charge in [0.1, 0.15) is 11.0 Å². The van der Waals surface area contributed by atoms with Gasteiger partial charge in [-0.15, -0.1) is 0 Å². The lowest BCUT2D eigenvalue weighted by Crippen LogP contribution is -2.22. The maximum atomic E-state index is 5.88. The molecule has 1 aliphatic heterocycles. The van der Waals surface area contributed by atoms with E-state index >= 15 is 0 Å². The van der Waals surface area contributed by atoms with E-state index in [0.29, 0.717) is 5.15 Å². The van der Waals surface area contributed by atoms with Gasteiger partial charge in [0.15, 0.2) is 0 Å². The second kappa shape index (κ2) is 4.40. The third-order valence-electron chi connectivity index (χ3n) is 3.19. The average molecular weight is 225 g/mol. The maximum absolute atomic E-state index is 5.88. The van der Waals surface area contributed by atoms with E-state index in [1.807, 2.05) is 18.2 Å². The van der Waals surface area contributed by atoms with Gasteiger partial charge in [0.05, 0.1) is 0 Å². The van der Waals surface area contributed by atoms with Crippen LogP contribution in [0.25, 0.3) is 0 Å². The third-order valence-corrected chi connectivity index (χ3v) is 3.40. The monoisotopic (exact) mass is 224 g/mol. The largest absolute Gasteiger partial charge is 0.356 e. The van der Waals surface area contributed by atoms with Crippen molar-refractivity contribution in [2.45, 2.75) is 20.3 Å². The average Bonchev–Trinajstić information content (AvgIpc) is 2.66. The molecular formula is C12H17ClN2. The molecule has 82 valence electrons. The van der Waals surface area contributed by atoms with E-state index < -0.39 is 0 Å². The van der Waals surface area contributed by atoms with Crippen molar-refractivity contribution in [3.05, 3.63) is 23.4 Å². The van der Waals surface area contributed by atoms with Crippen LogP contribution in [0.4, 0.5) is 5.82 Å². The molecule has 0 bridgehead atoms. The smallest absolute Gasteiger partial charge is 0.131 e. The molecule has 15 heavy (non-hydrogen) atoms. The molecule has 1 aromatic heterocycles. The van der Waals surface area contributed by atoms with Gasteiger partial charge in [0, 0.05) is 13.1 Å². The molecule has 1 aromatic rings. The van der Waals surface area contributed by atoms with Gasteiger partial charge in [-0.25, -0.2) is 4.98 Å². The molecule has 1 atom stereocenters. The first-order valence-electron chi connectivity index (χ1n) is 5.54. The highest BCUT2D eigenvalue weighted by Gasteiger charge is 2.25. The molecule has 0 amide bonds. The highest BCUT2D eigenvalue weighted by molar-refractivity contribution is 6.29. The van der Waals surface area contributed by atoms with Gasteiger partial charge >= 0.3 is 0 Å². The Morgan fingerprint density at radius 1 is 1.47 bits per heavy atom. The number of pyridine rings is 1. The van der Waals surface area contributed by atoms with Crippen molar-refractivity contribution >= 4 is 17.4 Å². The second-order valence-electron chi connectivity index (χ2n) is 4.56. The van der Waals surface area contributed by atoms with Crippen LogP contribution in [-0.4, -0.2) is 18.1 Å². The van der Waals surface area contributed by atoms with Crippen LogP contribution in [0.15, 0.2) is 18.2 Å². The minimum absolute atomic E-state index is 0.584. The topological polar surface area (TPSA) is 16.1 Å². The van der Waals surface area contributed by atoms with Gasteiger partial charge in [-0.1, -0.05) is 31.5 Å². The zero-order valence-electron chi connectivity index (χ0n) is 9.28. The molecule has 0 spiro atoms. The predicted octanol–water partition coefficient (Wildman–Crippen LogP) is 3.22. The fraction of sp³-hybridized carbons (Fsp3) is 0.583. The Kier molecular flexibility index (Phi) is 3.15. The Hall–Kier alpha value is -0.760. The zero-order chi connectivity index (χ0) is 10.8. The summed E-state index contributed by atoms with van der Waals surface area (Å²) >= 11 is 5.88. The molecule has 2 heterocycles. The maximum Gasteiger partial charge on any atom is 0.131 e. The van der Waals surface area contributed by atoms with Crippen LogP contribution < -0.4 is 4.90 Å². The van der Waals surface area contributed by atoms with Crippen LogP contribution in [0, 0.1) is 11.8 Å². The summed E-state index contributed by atoms with van der Waals surface area (Å²) in [6, 6.07) is 5.82. The van der Waals surface area contributed by atoms with Crippen molar-refractivity contribution in [1.29, 1.82) is 0 Å². The third kappa shape index (κ3) is 2.43. The summed E-state index contributed by atoms with van der Waals surface area (Å²) in [5, 5.41) is 0.584. The number of rotatable bonds is 2. The predicted molar refractivity (Wildman–Crippen MR) is 64.4 cm³/mol. The summed E-state index contributed by atoms with van der Waals surface area (Å²) in [4.78, 5) is 6.67. The van der Waals surface area contributed by atoms with Crippen LogP contribution >= 0.6 is 11.6 Å².